The highest BCUT2D eigenvalue weighted by molar-refractivity contribution is 9.10. The van der Waals surface area contributed by atoms with Gasteiger partial charge in [-0.05, 0) is 38.1 Å². The lowest BCUT2D eigenvalue weighted by Gasteiger charge is -2.09. The first-order chi connectivity index (χ1) is 9.11. The first-order valence-electron chi connectivity index (χ1n) is 6.26. The lowest BCUT2D eigenvalue weighted by atomic mass is 10.2. The minimum absolute atomic E-state index is 0.331. The van der Waals surface area contributed by atoms with Crippen LogP contribution in [-0.4, -0.2) is 11.5 Å². The molecule has 0 aliphatic heterocycles. The zero-order valence-corrected chi connectivity index (χ0v) is 14.1. The van der Waals surface area contributed by atoms with Gasteiger partial charge in [-0.3, -0.25) is 0 Å². The van der Waals surface area contributed by atoms with Gasteiger partial charge in [-0.1, -0.05) is 34.5 Å². The number of hydrogen-bond donors (Lipinski definition) is 1. The average molecular weight is 360 g/mol. The normalized spacial score (nSPS) is 12.6. The van der Waals surface area contributed by atoms with Crippen molar-refractivity contribution in [1.82, 2.24) is 10.3 Å². The highest BCUT2D eigenvalue weighted by atomic mass is 79.9. The number of benzene rings is 1. The number of nitrogens with one attached hydrogen (secondary N) is 1. The Hall–Kier alpha value is -0.420. The van der Waals surface area contributed by atoms with E-state index in [9.17, 15) is 0 Å². The molecule has 0 saturated carbocycles. The molecule has 102 valence electrons. The molecule has 5 heteroatoms. The van der Waals surface area contributed by atoms with Crippen LogP contribution in [-0.2, 0) is 0 Å². The molecule has 2 nitrogen and oxygen atoms in total. The Labute approximate surface area is 131 Å². The zero-order valence-electron chi connectivity index (χ0n) is 10.9. The van der Waals surface area contributed by atoms with Gasteiger partial charge in [-0.2, -0.15) is 0 Å². The summed E-state index contributed by atoms with van der Waals surface area (Å²) in [6.07, 6.45) is 3.07. The third-order valence-electron chi connectivity index (χ3n) is 2.81. The lowest BCUT2D eigenvalue weighted by molar-refractivity contribution is 0.577. The summed E-state index contributed by atoms with van der Waals surface area (Å²) in [5.41, 5.74) is 0.981. The Morgan fingerprint density at radius 2 is 2.26 bits per heavy atom. The molecule has 1 atom stereocenters. The fraction of sp³-hybridized carbons (Fsp3) is 0.357. The first kappa shape index (κ1) is 15.0. The molecule has 1 heterocycles. The minimum atomic E-state index is 0.331. The fourth-order valence-electron chi connectivity index (χ4n) is 1.73. The summed E-state index contributed by atoms with van der Waals surface area (Å²) in [7, 11) is 0. The van der Waals surface area contributed by atoms with Gasteiger partial charge in [0.15, 0.2) is 0 Å². The van der Waals surface area contributed by atoms with Crippen LogP contribution in [0.15, 0.2) is 28.9 Å². The van der Waals surface area contributed by atoms with Gasteiger partial charge in [0, 0.05) is 27.2 Å². The maximum absolute atomic E-state index is 6.23. The van der Waals surface area contributed by atoms with Gasteiger partial charge in [-0.25, -0.2) is 4.98 Å². The third-order valence-corrected chi connectivity index (χ3v) is 4.85. The van der Waals surface area contributed by atoms with Crippen LogP contribution < -0.4 is 5.32 Å². The average Bonchev–Trinajstić information content (AvgIpc) is 2.88. The molecule has 0 aliphatic rings. The minimum Gasteiger partial charge on any atom is -0.309 e. The van der Waals surface area contributed by atoms with Crippen molar-refractivity contribution in [2.75, 3.05) is 6.54 Å². The van der Waals surface area contributed by atoms with Gasteiger partial charge < -0.3 is 5.32 Å². The Balaban J connectivity index is 2.23. The zero-order chi connectivity index (χ0) is 13.8. The van der Waals surface area contributed by atoms with Crippen molar-refractivity contribution < 1.29 is 0 Å². The molecule has 1 unspecified atom stereocenters. The van der Waals surface area contributed by atoms with Crippen molar-refractivity contribution in [2.24, 2.45) is 0 Å². The van der Waals surface area contributed by atoms with Crippen LogP contribution >= 0.6 is 38.9 Å². The molecule has 0 aliphatic carbocycles. The summed E-state index contributed by atoms with van der Waals surface area (Å²) in [4.78, 5) is 5.73. The van der Waals surface area contributed by atoms with E-state index in [4.69, 9.17) is 11.6 Å². The summed E-state index contributed by atoms with van der Waals surface area (Å²) < 4.78 is 1.01. The van der Waals surface area contributed by atoms with Gasteiger partial charge in [0.25, 0.3) is 0 Å². The molecule has 0 spiro atoms. The number of halogens is 2. The monoisotopic (exact) mass is 358 g/mol. The van der Waals surface area contributed by atoms with Crippen LogP contribution in [0.4, 0.5) is 0 Å². The van der Waals surface area contributed by atoms with Crippen molar-refractivity contribution >= 4 is 38.9 Å². The van der Waals surface area contributed by atoms with Crippen LogP contribution in [0.3, 0.4) is 0 Å². The molecular weight excluding hydrogens is 344 g/mol. The topological polar surface area (TPSA) is 24.9 Å². The smallest absolute Gasteiger partial charge is 0.125 e. The van der Waals surface area contributed by atoms with E-state index in [0.717, 1.165) is 33.0 Å². The summed E-state index contributed by atoms with van der Waals surface area (Å²) in [6, 6.07) is 6.17. The van der Waals surface area contributed by atoms with E-state index in [-0.39, 0.29) is 0 Å². The van der Waals surface area contributed by atoms with E-state index in [1.165, 1.54) is 4.88 Å². The maximum atomic E-state index is 6.23. The highest BCUT2D eigenvalue weighted by Gasteiger charge is 2.12. The van der Waals surface area contributed by atoms with Gasteiger partial charge in [-0.15, -0.1) is 11.3 Å². The van der Waals surface area contributed by atoms with Crippen LogP contribution in [0.25, 0.3) is 10.6 Å². The van der Waals surface area contributed by atoms with Crippen molar-refractivity contribution in [1.29, 1.82) is 0 Å². The van der Waals surface area contributed by atoms with Crippen LogP contribution in [0, 0.1) is 0 Å². The number of hydrogen-bond acceptors (Lipinski definition) is 3. The van der Waals surface area contributed by atoms with Crippen molar-refractivity contribution in [3.05, 3.63) is 38.8 Å². The molecule has 0 amide bonds. The van der Waals surface area contributed by atoms with Gasteiger partial charge in [0.05, 0.1) is 5.02 Å². The van der Waals surface area contributed by atoms with E-state index < -0.39 is 0 Å². The Morgan fingerprint density at radius 3 is 3.00 bits per heavy atom. The quantitative estimate of drug-likeness (QED) is 0.785. The van der Waals surface area contributed by atoms with Crippen LogP contribution in [0.5, 0.6) is 0 Å². The predicted molar refractivity (Wildman–Crippen MR) is 87.0 cm³/mol. The number of rotatable bonds is 5. The Kier molecular flexibility index (Phi) is 5.39. The first-order valence-corrected chi connectivity index (χ1v) is 8.25. The predicted octanol–water partition coefficient (Wildman–Crippen LogP) is 5.29. The molecule has 1 aromatic carbocycles. The van der Waals surface area contributed by atoms with Crippen LogP contribution in [0.1, 0.15) is 31.2 Å². The molecule has 0 fully saturated rings. The van der Waals surface area contributed by atoms with E-state index >= 15 is 0 Å². The summed E-state index contributed by atoms with van der Waals surface area (Å²) in [6.45, 7) is 5.35. The molecule has 1 N–H and O–H groups in total. The molecule has 1 aromatic heterocycles. The van der Waals surface area contributed by atoms with Crippen molar-refractivity contribution in [3.8, 4) is 10.6 Å². The second-order valence-corrected chi connectivity index (χ2v) is 6.75. The molecule has 2 aromatic rings. The largest absolute Gasteiger partial charge is 0.309 e. The second kappa shape index (κ2) is 6.84. The van der Waals surface area contributed by atoms with Crippen molar-refractivity contribution in [2.45, 2.75) is 26.3 Å². The van der Waals surface area contributed by atoms with Gasteiger partial charge in [0.1, 0.15) is 5.01 Å². The molecular formula is C14H16BrClN2S. The van der Waals surface area contributed by atoms with E-state index in [1.54, 1.807) is 11.3 Å². The molecule has 0 bridgehead atoms. The molecule has 19 heavy (non-hydrogen) atoms. The highest BCUT2D eigenvalue weighted by Crippen LogP contribution is 2.34. The Morgan fingerprint density at radius 1 is 1.47 bits per heavy atom. The summed E-state index contributed by atoms with van der Waals surface area (Å²) >= 11 is 11.4. The fourth-order valence-corrected chi connectivity index (χ4v) is 3.33. The lowest BCUT2D eigenvalue weighted by Crippen LogP contribution is -2.18. The van der Waals surface area contributed by atoms with E-state index in [1.807, 2.05) is 24.4 Å². The van der Waals surface area contributed by atoms with Gasteiger partial charge >= 0.3 is 0 Å². The number of nitrogens with zero attached hydrogens (tertiary/aromatic N) is 1. The third kappa shape index (κ3) is 3.78. The van der Waals surface area contributed by atoms with E-state index in [0.29, 0.717) is 6.04 Å². The Bertz CT molecular complexity index is 556. The van der Waals surface area contributed by atoms with Crippen LogP contribution in [0.2, 0.25) is 5.02 Å². The summed E-state index contributed by atoms with van der Waals surface area (Å²) in [5.74, 6) is 0. The van der Waals surface area contributed by atoms with Crippen molar-refractivity contribution in [3.63, 3.8) is 0 Å². The van der Waals surface area contributed by atoms with Gasteiger partial charge in [0.2, 0.25) is 0 Å². The second-order valence-electron chi connectivity index (χ2n) is 4.37. The number of thiazole rings is 1. The molecule has 0 radical (unpaired) electrons. The molecule has 0 saturated heterocycles. The SMILES string of the molecule is CCCNC(C)c1cnc(-c2cc(Br)ccc2Cl)s1. The summed E-state index contributed by atoms with van der Waals surface area (Å²) in [5, 5.41) is 5.17. The van der Waals surface area contributed by atoms with E-state index in [2.05, 4.69) is 40.1 Å². The number of aromatic nitrogens is 1. The maximum Gasteiger partial charge on any atom is 0.125 e. The standard InChI is InChI=1S/C14H16BrClN2S/c1-3-6-17-9(2)13-8-18-14(19-13)11-7-10(15)4-5-12(11)16/h4-5,7-9,17H,3,6H2,1-2H3. The molecule has 2 rings (SSSR count).